The molecule has 1 aromatic rings. The van der Waals surface area contributed by atoms with Crippen molar-refractivity contribution in [2.24, 2.45) is 4.99 Å². The van der Waals surface area contributed by atoms with Gasteiger partial charge in [0.15, 0.2) is 0 Å². The molecule has 23 heavy (non-hydrogen) atoms. The molecule has 0 bridgehead atoms. The highest BCUT2D eigenvalue weighted by atomic mass is 19.4. The highest BCUT2D eigenvalue weighted by molar-refractivity contribution is 5.84. The lowest BCUT2D eigenvalue weighted by atomic mass is 9.85. The van der Waals surface area contributed by atoms with E-state index in [0.717, 1.165) is 6.07 Å². The van der Waals surface area contributed by atoms with Gasteiger partial charge in [0.25, 0.3) is 0 Å². The van der Waals surface area contributed by atoms with Gasteiger partial charge >= 0.3 is 18.1 Å². The minimum Gasteiger partial charge on any atom is -0.507 e. The van der Waals surface area contributed by atoms with E-state index in [1.807, 2.05) is 0 Å². The lowest BCUT2D eigenvalue weighted by Gasteiger charge is -2.25. The second kappa shape index (κ2) is 5.68. The lowest BCUT2D eigenvalue weighted by molar-refractivity contribution is -0.352. The van der Waals surface area contributed by atoms with Crippen LogP contribution in [0.2, 0.25) is 0 Å². The van der Waals surface area contributed by atoms with Crippen molar-refractivity contribution < 1.29 is 35.8 Å². The Morgan fingerprint density at radius 1 is 0.957 bits per heavy atom. The van der Waals surface area contributed by atoms with E-state index < -0.39 is 34.9 Å². The molecule has 0 amide bonds. The molecule has 2 nitrogen and oxygen atoms in total. The van der Waals surface area contributed by atoms with Crippen LogP contribution in [0.5, 0.6) is 5.75 Å². The van der Waals surface area contributed by atoms with E-state index in [0.29, 0.717) is 5.56 Å². The van der Waals surface area contributed by atoms with Crippen LogP contribution in [0.4, 0.5) is 30.7 Å². The standard InChI is InChI=1S/C14H14F7NO/c1-11(2,3)9-6-4-5-8(10(9)23)7-22-14(20,21)12(15,16)13(17,18)19/h4-7,23H,1-3H3. The van der Waals surface area contributed by atoms with Gasteiger partial charge in [0.1, 0.15) is 5.75 Å². The first kappa shape index (κ1) is 19.2. The maximum atomic E-state index is 13.1. The molecule has 0 saturated heterocycles. The fourth-order valence-electron chi connectivity index (χ4n) is 1.67. The van der Waals surface area contributed by atoms with Crippen molar-refractivity contribution in [3.05, 3.63) is 29.3 Å². The summed E-state index contributed by atoms with van der Waals surface area (Å²) in [7, 11) is 0. The Kier molecular flexibility index (Phi) is 4.76. The first-order valence-corrected chi connectivity index (χ1v) is 6.31. The third kappa shape index (κ3) is 3.76. The molecule has 1 aromatic carbocycles. The van der Waals surface area contributed by atoms with E-state index in [1.165, 1.54) is 12.1 Å². The molecule has 0 aliphatic carbocycles. The SMILES string of the molecule is CC(C)(C)c1cccc(C=NC(F)(F)C(F)(F)C(F)(F)F)c1O. The Balaban J connectivity index is 3.25. The van der Waals surface area contributed by atoms with Crippen LogP contribution in [0.1, 0.15) is 31.9 Å². The molecule has 0 aliphatic rings. The van der Waals surface area contributed by atoms with Gasteiger partial charge in [0, 0.05) is 11.8 Å². The maximum absolute atomic E-state index is 13.1. The first-order chi connectivity index (χ1) is 10.1. The quantitative estimate of drug-likeness (QED) is 0.472. The van der Waals surface area contributed by atoms with Crippen LogP contribution in [0, 0.1) is 0 Å². The number of hydrogen-bond donors (Lipinski definition) is 1. The van der Waals surface area contributed by atoms with Crippen molar-refractivity contribution in [2.45, 2.75) is 44.3 Å². The summed E-state index contributed by atoms with van der Waals surface area (Å²) in [5.41, 5.74) is -0.700. The molecule has 0 atom stereocenters. The van der Waals surface area contributed by atoms with E-state index in [2.05, 4.69) is 4.99 Å². The monoisotopic (exact) mass is 345 g/mol. The third-order valence-corrected chi connectivity index (χ3v) is 2.97. The topological polar surface area (TPSA) is 32.6 Å². The van der Waals surface area contributed by atoms with E-state index in [-0.39, 0.29) is 6.21 Å². The Hall–Kier alpha value is -1.80. The Labute approximate surface area is 127 Å². The van der Waals surface area contributed by atoms with Gasteiger partial charge < -0.3 is 5.11 Å². The van der Waals surface area contributed by atoms with Gasteiger partial charge in [-0.05, 0) is 17.0 Å². The molecule has 0 unspecified atom stereocenters. The van der Waals surface area contributed by atoms with Crippen LogP contribution in [0.25, 0.3) is 0 Å². The van der Waals surface area contributed by atoms with Crippen molar-refractivity contribution >= 4 is 6.21 Å². The van der Waals surface area contributed by atoms with Crippen LogP contribution in [-0.4, -0.2) is 29.5 Å². The zero-order chi connectivity index (χ0) is 18.3. The summed E-state index contributed by atoms with van der Waals surface area (Å²) >= 11 is 0. The molecule has 0 aromatic heterocycles. The number of phenolic OH excluding ortho intramolecular Hbond substituents is 1. The molecule has 0 spiro atoms. The summed E-state index contributed by atoms with van der Waals surface area (Å²) in [6, 6.07) is -1.83. The third-order valence-electron chi connectivity index (χ3n) is 2.97. The summed E-state index contributed by atoms with van der Waals surface area (Å²) in [6.45, 7) is 5.07. The van der Waals surface area contributed by atoms with Crippen LogP contribution in [0.15, 0.2) is 23.2 Å². The van der Waals surface area contributed by atoms with Gasteiger partial charge in [0.05, 0.1) is 0 Å². The number of para-hydroxylation sites is 1. The molecular formula is C14H14F7NO. The van der Waals surface area contributed by atoms with Crippen LogP contribution in [0.3, 0.4) is 0 Å². The Morgan fingerprint density at radius 2 is 1.48 bits per heavy atom. The van der Waals surface area contributed by atoms with Gasteiger partial charge in [0.2, 0.25) is 0 Å². The van der Waals surface area contributed by atoms with Crippen LogP contribution in [-0.2, 0) is 5.41 Å². The average Bonchev–Trinajstić information content (AvgIpc) is 2.34. The van der Waals surface area contributed by atoms with Crippen molar-refractivity contribution in [1.82, 2.24) is 0 Å². The number of nitrogens with zero attached hydrogens (tertiary/aromatic N) is 1. The largest absolute Gasteiger partial charge is 0.507 e. The number of aromatic hydroxyl groups is 1. The van der Waals surface area contributed by atoms with Crippen molar-refractivity contribution in [3.8, 4) is 5.75 Å². The summed E-state index contributed by atoms with van der Waals surface area (Å²) in [5.74, 6) is -6.84. The second-order valence-corrected chi connectivity index (χ2v) is 5.87. The van der Waals surface area contributed by atoms with Crippen molar-refractivity contribution in [1.29, 1.82) is 0 Å². The molecule has 0 saturated carbocycles. The Bertz CT molecular complexity index is 600. The minimum atomic E-state index is -6.46. The van der Waals surface area contributed by atoms with E-state index >= 15 is 0 Å². The zero-order valence-corrected chi connectivity index (χ0v) is 12.3. The molecule has 0 radical (unpaired) electrons. The predicted octanol–water partition coefficient (Wildman–Crippen LogP) is 4.90. The minimum absolute atomic E-state index is 0.101. The number of alkyl halides is 7. The Morgan fingerprint density at radius 3 is 1.91 bits per heavy atom. The summed E-state index contributed by atoms with van der Waals surface area (Å²) in [5, 5.41) is 9.94. The fourth-order valence-corrected chi connectivity index (χ4v) is 1.67. The number of benzene rings is 1. The summed E-state index contributed by atoms with van der Waals surface area (Å²) < 4.78 is 87.7. The molecule has 1 N–H and O–H groups in total. The summed E-state index contributed by atoms with van der Waals surface area (Å²) in [6.07, 6.45) is -6.35. The smallest absolute Gasteiger partial charge is 0.462 e. The number of rotatable bonds is 3. The normalized spacial score (nSPS) is 14.5. The maximum Gasteiger partial charge on any atom is 0.462 e. The van der Waals surface area contributed by atoms with Gasteiger partial charge in [-0.25, -0.2) is 4.99 Å². The van der Waals surface area contributed by atoms with Gasteiger partial charge in [-0.1, -0.05) is 32.9 Å². The number of aliphatic imine (C=N–C) groups is 1. The average molecular weight is 345 g/mol. The van der Waals surface area contributed by atoms with Crippen molar-refractivity contribution in [3.63, 3.8) is 0 Å². The first-order valence-electron chi connectivity index (χ1n) is 6.31. The number of hydrogen-bond acceptors (Lipinski definition) is 2. The molecular weight excluding hydrogens is 331 g/mol. The molecule has 0 aliphatic heterocycles. The molecule has 130 valence electrons. The fraction of sp³-hybridized carbons (Fsp3) is 0.500. The number of phenols is 1. The highest BCUT2D eigenvalue weighted by Gasteiger charge is 2.73. The second-order valence-electron chi connectivity index (χ2n) is 5.87. The van der Waals surface area contributed by atoms with Gasteiger partial charge in [-0.15, -0.1) is 0 Å². The lowest BCUT2D eigenvalue weighted by Crippen LogP contribution is -2.50. The molecule has 9 heteroatoms. The van der Waals surface area contributed by atoms with Gasteiger partial charge in [-0.3, -0.25) is 0 Å². The zero-order valence-electron chi connectivity index (χ0n) is 12.3. The van der Waals surface area contributed by atoms with Crippen LogP contribution < -0.4 is 0 Å². The van der Waals surface area contributed by atoms with Crippen LogP contribution >= 0.6 is 0 Å². The van der Waals surface area contributed by atoms with Crippen molar-refractivity contribution in [2.75, 3.05) is 0 Å². The van der Waals surface area contributed by atoms with E-state index in [4.69, 9.17) is 0 Å². The summed E-state index contributed by atoms with van der Waals surface area (Å²) in [4.78, 5) is 2.06. The molecule has 0 heterocycles. The molecule has 1 rings (SSSR count). The van der Waals surface area contributed by atoms with E-state index in [1.54, 1.807) is 20.8 Å². The number of halogens is 7. The van der Waals surface area contributed by atoms with Gasteiger partial charge in [-0.2, -0.15) is 30.7 Å². The highest BCUT2D eigenvalue weighted by Crippen LogP contribution is 2.47. The predicted molar refractivity (Wildman–Crippen MR) is 70.3 cm³/mol. The molecule has 0 fully saturated rings. The van der Waals surface area contributed by atoms with E-state index in [9.17, 15) is 35.8 Å².